The average Bonchev–Trinajstić information content (AvgIpc) is 3.27. The first-order chi connectivity index (χ1) is 15.8. The first-order valence-electron chi connectivity index (χ1n) is 10.4. The highest BCUT2D eigenvalue weighted by atomic mass is 16.4. The van der Waals surface area contributed by atoms with Gasteiger partial charge in [-0.2, -0.15) is 4.98 Å². The van der Waals surface area contributed by atoms with Crippen LogP contribution in [0.5, 0.6) is 0 Å². The summed E-state index contributed by atoms with van der Waals surface area (Å²) in [6, 6.07) is 36.5. The van der Waals surface area contributed by atoms with Crippen LogP contribution in [0.4, 0.5) is 17.1 Å². The van der Waals surface area contributed by atoms with Crippen LogP contribution in [0.2, 0.25) is 0 Å². The van der Waals surface area contributed by atoms with E-state index in [1.54, 1.807) is 0 Å². The monoisotopic (exact) mass is 414 g/mol. The van der Waals surface area contributed by atoms with Gasteiger partial charge in [0.05, 0.1) is 11.0 Å². The third-order valence-corrected chi connectivity index (χ3v) is 5.32. The van der Waals surface area contributed by atoms with Gasteiger partial charge < -0.3 is 9.32 Å². The van der Waals surface area contributed by atoms with Gasteiger partial charge in [0.15, 0.2) is 0 Å². The molecule has 5 nitrogen and oxygen atoms in total. The maximum Gasteiger partial charge on any atom is 0.267 e. The van der Waals surface area contributed by atoms with Gasteiger partial charge in [-0.3, -0.25) is 0 Å². The molecule has 0 aliphatic heterocycles. The summed E-state index contributed by atoms with van der Waals surface area (Å²) >= 11 is 0. The number of hydrogen-bond acceptors (Lipinski definition) is 5. The zero-order valence-corrected chi connectivity index (χ0v) is 17.1. The van der Waals surface area contributed by atoms with Crippen molar-refractivity contribution in [2.24, 2.45) is 0 Å². The van der Waals surface area contributed by atoms with Crippen LogP contribution >= 0.6 is 0 Å². The Morgan fingerprint density at radius 1 is 0.500 bits per heavy atom. The summed E-state index contributed by atoms with van der Waals surface area (Å²) in [4.78, 5) is 15.9. The average molecular weight is 414 g/mol. The second-order valence-electron chi connectivity index (χ2n) is 7.41. The molecule has 6 rings (SSSR count). The zero-order chi connectivity index (χ0) is 21.3. The van der Waals surface area contributed by atoms with Crippen molar-refractivity contribution >= 4 is 39.5 Å². The van der Waals surface area contributed by atoms with E-state index in [1.165, 1.54) is 0 Å². The first-order valence-corrected chi connectivity index (χ1v) is 10.4. The van der Waals surface area contributed by atoms with Gasteiger partial charge >= 0.3 is 0 Å². The van der Waals surface area contributed by atoms with Crippen molar-refractivity contribution in [2.75, 3.05) is 4.90 Å². The summed E-state index contributed by atoms with van der Waals surface area (Å²) in [5.74, 6) is 0.507. The van der Waals surface area contributed by atoms with Crippen molar-refractivity contribution in [1.82, 2.24) is 15.0 Å². The molecule has 32 heavy (non-hydrogen) atoms. The molecule has 0 aliphatic rings. The Balaban J connectivity index is 1.40. The van der Waals surface area contributed by atoms with Gasteiger partial charge in [0.1, 0.15) is 0 Å². The molecule has 2 aromatic heterocycles. The van der Waals surface area contributed by atoms with E-state index in [9.17, 15) is 0 Å². The molecular weight excluding hydrogens is 396 g/mol. The third-order valence-electron chi connectivity index (χ3n) is 5.32. The third kappa shape index (κ3) is 3.26. The molecule has 0 unspecified atom stereocenters. The van der Waals surface area contributed by atoms with E-state index in [-0.39, 0.29) is 0 Å². The summed E-state index contributed by atoms with van der Waals surface area (Å²) in [5.41, 5.74) is 6.65. The molecule has 0 N–H and O–H groups in total. The van der Waals surface area contributed by atoms with Crippen molar-refractivity contribution < 1.29 is 4.42 Å². The number of oxazole rings is 1. The molecule has 0 atom stereocenters. The van der Waals surface area contributed by atoms with Gasteiger partial charge in [-0.15, -0.1) is 0 Å². The van der Waals surface area contributed by atoms with Crippen LogP contribution in [0.1, 0.15) is 0 Å². The minimum absolute atomic E-state index is 0.443. The molecule has 4 aromatic carbocycles. The van der Waals surface area contributed by atoms with Crippen LogP contribution in [-0.2, 0) is 0 Å². The summed E-state index contributed by atoms with van der Waals surface area (Å²) in [7, 11) is 0. The van der Waals surface area contributed by atoms with E-state index in [4.69, 9.17) is 4.42 Å². The van der Waals surface area contributed by atoms with Crippen LogP contribution in [0.15, 0.2) is 114 Å². The smallest absolute Gasteiger partial charge is 0.267 e. The molecule has 0 aliphatic carbocycles. The summed E-state index contributed by atoms with van der Waals surface area (Å²) in [6.07, 6.45) is 0. The van der Waals surface area contributed by atoms with Gasteiger partial charge in [-0.25, -0.2) is 9.97 Å². The minimum Gasteiger partial charge on any atom is -0.416 e. The fourth-order valence-electron chi connectivity index (χ4n) is 3.80. The fourth-order valence-corrected chi connectivity index (χ4v) is 3.80. The largest absolute Gasteiger partial charge is 0.416 e. The van der Waals surface area contributed by atoms with Crippen molar-refractivity contribution in [3.8, 4) is 11.5 Å². The Kier molecular flexibility index (Phi) is 4.36. The fraction of sp³-hybridized carbons (Fsp3) is 0. The number of benzene rings is 4. The molecule has 152 valence electrons. The molecule has 0 bridgehead atoms. The normalized spacial score (nSPS) is 11.1. The number of aromatic nitrogens is 3. The molecule has 5 heteroatoms. The highest BCUT2D eigenvalue weighted by Gasteiger charge is 2.15. The van der Waals surface area contributed by atoms with Gasteiger partial charge in [0.2, 0.25) is 11.5 Å². The quantitative estimate of drug-likeness (QED) is 0.314. The van der Waals surface area contributed by atoms with Crippen LogP contribution in [0.25, 0.3) is 33.8 Å². The van der Waals surface area contributed by atoms with Crippen LogP contribution in [0.3, 0.4) is 0 Å². The number of fused-ring (bicyclic) bond motifs is 2. The number of rotatable bonds is 4. The lowest BCUT2D eigenvalue weighted by Crippen LogP contribution is -2.09. The van der Waals surface area contributed by atoms with Gasteiger partial charge in [0.25, 0.3) is 5.71 Å². The van der Waals surface area contributed by atoms with E-state index in [1.807, 2.05) is 72.8 Å². The van der Waals surface area contributed by atoms with Crippen molar-refractivity contribution in [3.63, 3.8) is 0 Å². The van der Waals surface area contributed by atoms with E-state index in [0.717, 1.165) is 33.7 Å². The second-order valence-corrected chi connectivity index (χ2v) is 7.41. The molecule has 0 saturated heterocycles. The van der Waals surface area contributed by atoms with Crippen LogP contribution in [0, 0.1) is 0 Å². The van der Waals surface area contributed by atoms with Crippen LogP contribution < -0.4 is 4.90 Å². The molecule has 0 amide bonds. The number of hydrogen-bond donors (Lipinski definition) is 0. The molecule has 0 fully saturated rings. The zero-order valence-electron chi connectivity index (χ0n) is 17.1. The highest BCUT2D eigenvalue weighted by molar-refractivity contribution is 5.83. The maximum absolute atomic E-state index is 5.93. The highest BCUT2D eigenvalue weighted by Crippen LogP contribution is 2.35. The Hall–Kier alpha value is -4.51. The van der Waals surface area contributed by atoms with Gasteiger partial charge in [0, 0.05) is 22.6 Å². The molecule has 0 saturated carbocycles. The summed E-state index contributed by atoms with van der Waals surface area (Å²) in [5, 5.41) is 0. The lowest BCUT2D eigenvalue weighted by molar-refractivity contribution is 0.609. The van der Waals surface area contributed by atoms with E-state index < -0.39 is 0 Å². The first kappa shape index (κ1) is 18.3. The second kappa shape index (κ2) is 7.63. The Morgan fingerprint density at radius 3 is 1.66 bits per heavy atom. The SMILES string of the molecule is c1ccc(N(c2ccccc2)c2ccc(-c3nc4nc5ccccc5nc4o3)cc2)cc1. The Morgan fingerprint density at radius 2 is 1.03 bits per heavy atom. The van der Waals surface area contributed by atoms with Gasteiger partial charge in [-0.1, -0.05) is 48.5 Å². The number of anilines is 3. The van der Waals surface area contributed by atoms with Crippen molar-refractivity contribution in [2.45, 2.75) is 0 Å². The molecule has 2 heterocycles. The number of para-hydroxylation sites is 4. The topological polar surface area (TPSA) is 55.1 Å². The van der Waals surface area contributed by atoms with E-state index in [2.05, 4.69) is 56.3 Å². The molecule has 6 aromatic rings. The van der Waals surface area contributed by atoms with E-state index in [0.29, 0.717) is 17.3 Å². The van der Waals surface area contributed by atoms with E-state index >= 15 is 0 Å². The predicted molar refractivity (Wildman–Crippen MR) is 127 cm³/mol. The summed E-state index contributed by atoms with van der Waals surface area (Å²) < 4.78 is 5.93. The molecule has 0 spiro atoms. The van der Waals surface area contributed by atoms with Crippen molar-refractivity contribution in [1.29, 1.82) is 0 Å². The molecule has 0 radical (unpaired) electrons. The summed E-state index contributed by atoms with van der Waals surface area (Å²) in [6.45, 7) is 0. The standard InChI is InChI=1S/C27H18N4O/c1-3-9-20(10-4-1)31(21-11-5-2-6-12-21)22-17-15-19(16-18-22)26-30-25-27(32-26)29-24-14-8-7-13-23(24)28-25/h1-18H. The number of nitrogens with zero attached hydrogens (tertiary/aromatic N) is 4. The van der Waals surface area contributed by atoms with Crippen molar-refractivity contribution in [3.05, 3.63) is 109 Å². The molecular formula is C27H18N4O. The minimum atomic E-state index is 0.443. The Bertz CT molecular complexity index is 1420. The lowest BCUT2D eigenvalue weighted by atomic mass is 10.1. The Labute approximate surface area is 184 Å². The lowest BCUT2D eigenvalue weighted by Gasteiger charge is -2.25. The van der Waals surface area contributed by atoms with Crippen LogP contribution in [-0.4, -0.2) is 15.0 Å². The maximum atomic E-state index is 5.93. The predicted octanol–water partition coefficient (Wildman–Crippen LogP) is 6.91. The van der Waals surface area contributed by atoms with Gasteiger partial charge in [-0.05, 0) is 60.7 Å².